The number of hydrogen-bond acceptors (Lipinski definition) is 3. The number of ether oxygens (including phenoxy) is 1. The van der Waals surface area contributed by atoms with Crippen LogP contribution in [0.5, 0.6) is 0 Å². The number of nitrogens with zero attached hydrogens (tertiary/aromatic N) is 2. The first-order valence-corrected chi connectivity index (χ1v) is 7.69. The Kier molecular flexibility index (Phi) is 4.53. The summed E-state index contributed by atoms with van der Waals surface area (Å²) in [6.07, 6.45) is 6.04. The number of rotatable bonds is 5. The Morgan fingerprint density at radius 2 is 2.23 bits per heavy atom. The highest BCUT2D eigenvalue weighted by Gasteiger charge is 2.16. The van der Waals surface area contributed by atoms with Crippen LogP contribution in [-0.2, 0) is 11.3 Å². The van der Waals surface area contributed by atoms with Gasteiger partial charge in [0.05, 0.1) is 6.10 Å². The quantitative estimate of drug-likeness (QED) is 0.920. The van der Waals surface area contributed by atoms with E-state index < -0.39 is 0 Å². The average molecular weight is 299 g/mol. The molecular weight excluding hydrogens is 278 g/mol. The van der Waals surface area contributed by atoms with Crippen LogP contribution in [0.3, 0.4) is 0 Å². The molecule has 1 aromatic carbocycles. The Balaban J connectivity index is 1.56. The molecule has 5 nitrogen and oxygen atoms in total. The zero-order valence-electron chi connectivity index (χ0n) is 12.8. The topological polar surface area (TPSA) is 56.2 Å². The minimum Gasteiger partial charge on any atom is -0.376 e. The Hall–Kier alpha value is -2.14. The van der Waals surface area contributed by atoms with Crippen molar-refractivity contribution in [1.29, 1.82) is 0 Å². The van der Waals surface area contributed by atoms with E-state index in [1.54, 1.807) is 6.20 Å². The molecule has 1 aliphatic heterocycles. The SMILES string of the molecule is Cc1nccn1Cc1ccc(C(=O)NCC2CCCO2)cc1. The first kappa shape index (κ1) is 14.8. The van der Waals surface area contributed by atoms with E-state index in [-0.39, 0.29) is 12.0 Å². The van der Waals surface area contributed by atoms with Crippen LogP contribution in [0, 0.1) is 6.92 Å². The fourth-order valence-electron chi connectivity index (χ4n) is 2.64. The van der Waals surface area contributed by atoms with Crippen molar-refractivity contribution in [3.63, 3.8) is 0 Å². The van der Waals surface area contributed by atoms with Gasteiger partial charge in [0.1, 0.15) is 5.82 Å². The lowest BCUT2D eigenvalue weighted by Gasteiger charge is -2.11. The van der Waals surface area contributed by atoms with E-state index in [0.29, 0.717) is 12.1 Å². The summed E-state index contributed by atoms with van der Waals surface area (Å²) in [5.41, 5.74) is 1.83. The van der Waals surface area contributed by atoms with Crippen molar-refractivity contribution in [3.05, 3.63) is 53.6 Å². The summed E-state index contributed by atoms with van der Waals surface area (Å²) in [7, 11) is 0. The highest BCUT2D eigenvalue weighted by Crippen LogP contribution is 2.11. The first-order valence-electron chi connectivity index (χ1n) is 7.69. The van der Waals surface area contributed by atoms with Gasteiger partial charge in [-0.3, -0.25) is 4.79 Å². The maximum atomic E-state index is 12.1. The molecule has 1 aromatic heterocycles. The van der Waals surface area contributed by atoms with Crippen molar-refractivity contribution < 1.29 is 9.53 Å². The molecule has 0 radical (unpaired) electrons. The summed E-state index contributed by atoms with van der Waals surface area (Å²) in [4.78, 5) is 16.3. The highest BCUT2D eigenvalue weighted by atomic mass is 16.5. The second-order valence-electron chi connectivity index (χ2n) is 5.64. The molecule has 0 saturated carbocycles. The number of hydrogen-bond donors (Lipinski definition) is 1. The molecule has 1 unspecified atom stereocenters. The van der Waals surface area contributed by atoms with E-state index in [1.807, 2.05) is 37.4 Å². The van der Waals surface area contributed by atoms with Gasteiger partial charge >= 0.3 is 0 Å². The molecule has 22 heavy (non-hydrogen) atoms. The summed E-state index contributed by atoms with van der Waals surface area (Å²) < 4.78 is 7.58. The lowest BCUT2D eigenvalue weighted by molar-refractivity contribution is 0.0858. The predicted molar refractivity (Wildman–Crippen MR) is 83.8 cm³/mol. The largest absolute Gasteiger partial charge is 0.376 e. The summed E-state index contributed by atoms with van der Waals surface area (Å²) in [6.45, 7) is 4.15. The van der Waals surface area contributed by atoms with Crippen LogP contribution in [-0.4, -0.2) is 34.7 Å². The molecule has 1 fully saturated rings. The molecule has 0 bridgehead atoms. The molecule has 1 saturated heterocycles. The second kappa shape index (κ2) is 6.75. The minimum atomic E-state index is -0.0409. The fourth-order valence-corrected chi connectivity index (χ4v) is 2.64. The number of amides is 1. The summed E-state index contributed by atoms with van der Waals surface area (Å²) in [5, 5.41) is 2.94. The molecule has 116 valence electrons. The number of carbonyl (C=O) groups is 1. The van der Waals surface area contributed by atoms with Gasteiger partial charge in [-0.05, 0) is 37.5 Å². The smallest absolute Gasteiger partial charge is 0.251 e. The Morgan fingerprint density at radius 1 is 1.41 bits per heavy atom. The normalized spacial score (nSPS) is 17.6. The predicted octanol–water partition coefficient (Wildman–Crippen LogP) is 2.15. The van der Waals surface area contributed by atoms with Gasteiger partial charge in [-0.2, -0.15) is 0 Å². The van der Waals surface area contributed by atoms with Crippen molar-refractivity contribution in [2.45, 2.75) is 32.4 Å². The average Bonchev–Trinajstić information content (AvgIpc) is 3.18. The third kappa shape index (κ3) is 3.54. The van der Waals surface area contributed by atoms with Gasteiger partial charge in [-0.1, -0.05) is 12.1 Å². The summed E-state index contributed by atoms with van der Waals surface area (Å²) in [5.74, 6) is 0.944. The number of nitrogens with one attached hydrogen (secondary N) is 1. The van der Waals surface area contributed by atoms with Gasteiger partial charge in [0.2, 0.25) is 0 Å². The number of imidazole rings is 1. The minimum absolute atomic E-state index is 0.0409. The van der Waals surface area contributed by atoms with Crippen LogP contribution >= 0.6 is 0 Å². The molecule has 1 N–H and O–H groups in total. The number of carbonyl (C=O) groups excluding carboxylic acids is 1. The van der Waals surface area contributed by atoms with Crippen LogP contribution in [0.2, 0.25) is 0 Å². The van der Waals surface area contributed by atoms with E-state index >= 15 is 0 Å². The third-order valence-corrected chi connectivity index (χ3v) is 4.01. The lowest BCUT2D eigenvalue weighted by Crippen LogP contribution is -2.31. The molecule has 0 aliphatic carbocycles. The van der Waals surface area contributed by atoms with E-state index in [1.165, 1.54) is 0 Å². The Labute approximate surface area is 130 Å². The van der Waals surface area contributed by atoms with Crippen LogP contribution < -0.4 is 5.32 Å². The molecule has 2 heterocycles. The van der Waals surface area contributed by atoms with Gasteiger partial charge in [-0.25, -0.2) is 4.98 Å². The maximum Gasteiger partial charge on any atom is 0.251 e. The Morgan fingerprint density at radius 3 is 2.86 bits per heavy atom. The number of aryl methyl sites for hydroxylation is 1. The van der Waals surface area contributed by atoms with E-state index in [4.69, 9.17) is 4.74 Å². The Bertz CT molecular complexity index is 628. The fraction of sp³-hybridized carbons (Fsp3) is 0.412. The van der Waals surface area contributed by atoms with Crippen LogP contribution in [0.4, 0.5) is 0 Å². The maximum absolute atomic E-state index is 12.1. The lowest BCUT2D eigenvalue weighted by atomic mass is 10.1. The van der Waals surface area contributed by atoms with Crippen LogP contribution in [0.25, 0.3) is 0 Å². The number of benzene rings is 1. The van der Waals surface area contributed by atoms with Gasteiger partial charge in [0, 0.05) is 37.7 Å². The molecular formula is C17H21N3O2. The molecule has 1 aliphatic rings. The zero-order valence-corrected chi connectivity index (χ0v) is 12.8. The van der Waals surface area contributed by atoms with Crippen molar-refractivity contribution in [3.8, 4) is 0 Å². The molecule has 1 atom stereocenters. The first-order chi connectivity index (χ1) is 10.7. The number of aromatic nitrogens is 2. The van der Waals surface area contributed by atoms with Crippen LogP contribution in [0.1, 0.15) is 34.6 Å². The molecule has 0 spiro atoms. The molecule has 3 rings (SSSR count). The van der Waals surface area contributed by atoms with E-state index in [9.17, 15) is 4.79 Å². The van der Waals surface area contributed by atoms with Gasteiger partial charge < -0.3 is 14.6 Å². The van der Waals surface area contributed by atoms with Crippen molar-refractivity contribution in [1.82, 2.24) is 14.9 Å². The van der Waals surface area contributed by atoms with Gasteiger partial charge in [0.25, 0.3) is 5.91 Å². The van der Waals surface area contributed by atoms with E-state index in [2.05, 4.69) is 14.9 Å². The van der Waals surface area contributed by atoms with Crippen molar-refractivity contribution in [2.75, 3.05) is 13.2 Å². The zero-order chi connectivity index (χ0) is 15.4. The monoisotopic (exact) mass is 299 g/mol. The molecule has 2 aromatic rings. The highest BCUT2D eigenvalue weighted by molar-refractivity contribution is 5.94. The molecule has 1 amide bonds. The third-order valence-electron chi connectivity index (χ3n) is 4.01. The van der Waals surface area contributed by atoms with Crippen molar-refractivity contribution in [2.24, 2.45) is 0 Å². The van der Waals surface area contributed by atoms with Crippen molar-refractivity contribution >= 4 is 5.91 Å². The van der Waals surface area contributed by atoms with Gasteiger partial charge in [0.15, 0.2) is 0 Å². The summed E-state index contributed by atoms with van der Waals surface area (Å²) >= 11 is 0. The van der Waals surface area contributed by atoms with Crippen LogP contribution in [0.15, 0.2) is 36.7 Å². The van der Waals surface area contributed by atoms with Gasteiger partial charge in [-0.15, -0.1) is 0 Å². The molecule has 5 heteroatoms. The second-order valence-corrected chi connectivity index (χ2v) is 5.64. The standard InChI is InChI=1S/C17H21N3O2/c1-13-18-8-9-20(13)12-14-4-6-15(7-5-14)17(21)19-11-16-3-2-10-22-16/h4-9,16H,2-3,10-12H2,1H3,(H,19,21). The van der Waals surface area contributed by atoms with E-state index in [0.717, 1.165) is 37.4 Å². The summed E-state index contributed by atoms with van der Waals surface area (Å²) in [6, 6.07) is 7.71.